The van der Waals surface area contributed by atoms with Crippen LogP contribution in [-0.4, -0.2) is 30.6 Å². The third-order valence-corrected chi connectivity index (χ3v) is 3.08. The SMILES string of the molecule is CN1CC(CCC2(N)CC2)C1. The molecular weight excluding hydrogens is 136 g/mol. The second-order valence-electron chi connectivity index (χ2n) is 4.49. The van der Waals surface area contributed by atoms with Gasteiger partial charge in [0.25, 0.3) is 0 Å². The van der Waals surface area contributed by atoms with Gasteiger partial charge in [-0.2, -0.15) is 0 Å². The molecule has 0 radical (unpaired) electrons. The predicted octanol–water partition coefficient (Wildman–Crippen LogP) is 0.819. The van der Waals surface area contributed by atoms with Crippen LogP contribution in [0, 0.1) is 5.92 Å². The van der Waals surface area contributed by atoms with E-state index < -0.39 is 0 Å². The van der Waals surface area contributed by atoms with Gasteiger partial charge in [0, 0.05) is 18.6 Å². The molecule has 0 spiro atoms. The standard InChI is InChI=1S/C9H18N2/c1-11-6-8(7-11)2-3-9(10)4-5-9/h8H,2-7,10H2,1H3. The number of rotatable bonds is 3. The van der Waals surface area contributed by atoms with Crippen molar-refractivity contribution in [2.24, 2.45) is 11.7 Å². The summed E-state index contributed by atoms with van der Waals surface area (Å²) in [5.74, 6) is 0.959. The zero-order valence-corrected chi connectivity index (χ0v) is 7.34. The van der Waals surface area contributed by atoms with Crippen molar-refractivity contribution in [3.8, 4) is 0 Å². The molecule has 1 aliphatic heterocycles. The maximum atomic E-state index is 5.99. The van der Waals surface area contributed by atoms with Crippen LogP contribution in [0.25, 0.3) is 0 Å². The lowest BCUT2D eigenvalue weighted by molar-refractivity contribution is 0.122. The molecule has 0 atom stereocenters. The molecule has 2 rings (SSSR count). The highest BCUT2D eigenvalue weighted by atomic mass is 15.2. The number of hydrogen-bond donors (Lipinski definition) is 1. The fourth-order valence-electron chi connectivity index (χ4n) is 1.91. The molecule has 2 fully saturated rings. The molecule has 0 bridgehead atoms. The summed E-state index contributed by atoms with van der Waals surface area (Å²) in [5.41, 5.74) is 6.28. The molecule has 2 heteroatoms. The number of likely N-dealkylation sites (tertiary alicyclic amines) is 1. The molecular formula is C9H18N2. The molecule has 2 N–H and O–H groups in total. The van der Waals surface area contributed by atoms with Gasteiger partial charge in [0.1, 0.15) is 0 Å². The van der Waals surface area contributed by atoms with Crippen LogP contribution in [0.15, 0.2) is 0 Å². The highest BCUT2D eigenvalue weighted by Gasteiger charge is 2.38. The van der Waals surface area contributed by atoms with Crippen LogP contribution >= 0.6 is 0 Å². The van der Waals surface area contributed by atoms with E-state index in [-0.39, 0.29) is 5.54 Å². The van der Waals surface area contributed by atoms with Gasteiger partial charge in [-0.05, 0) is 38.6 Å². The third kappa shape index (κ3) is 1.74. The first-order valence-corrected chi connectivity index (χ1v) is 4.65. The van der Waals surface area contributed by atoms with E-state index >= 15 is 0 Å². The molecule has 1 saturated heterocycles. The van der Waals surface area contributed by atoms with E-state index in [1.165, 1.54) is 38.8 Å². The monoisotopic (exact) mass is 154 g/mol. The summed E-state index contributed by atoms with van der Waals surface area (Å²) in [5, 5.41) is 0. The van der Waals surface area contributed by atoms with E-state index in [4.69, 9.17) is 5.73 Å². The lowest BCUT2D eigenvalue weighted by Crippen LogP contribution is -2.44. The topological polar surface area (TPSA) is 29.3 Å². The Morgan fingerprint density at radius 1 is 1.45 bits per heavy atom. The molecule has 1 heterocycles. The summed E-state index contributed by atoms with van der Waals surface area (Å²) in [6.45, 7) is 2.60. The Morgan fingerprint density at radius 3 is 2.55 bits per heavy atom. The maximum absolute atomic E-state index is 5.99. The molecule has 0 aromatic rings. The minimum atomic E-state index is 0.286. The lowest BCUT2D eigenvalue weighted by Gasteiger charge is -2.36. The highest BCUT2D eigenvalue weighted by molar-refractivity contribution is 4.99. The minimum absolute atomic E-state index is 0.286. The second-order valence-corrected chi connectivity index (χ2v) is 4.49. The smallest absolute Gasteiger partial charge is 0.0155 e. The zero-order valence-electron chi connectivity index (χ0n) is 7.34. The Kier molecular flexibility index (Phi) is 1.69. The van der Waals surface area contributed by atoms with Gasteiger partial charge < -0.3 is 10.6 Å². The molecule has 0 unspecified atom stereocenters. The molecule has 2 nitrogen and oxygen atoms in total. The first-order valence-electron chi connectivity index (χ1n) is 4.65. The van der Waals surface area contributed by atoms with Crippen LogP contribution in [-0.2, 0) is 0 Å². The summed E-state index contributed by atoms with van der Waals surface area (Å²) in [6, 6.07) is 0. The van der Waals surface area contributed by atoms with Crippen molar-refractivity contribution in [2.75, 3.05) is 20.1 Å². The summed E-state index contributed by atoms with van der Waals surface area (Å²) in [7, 11) is 2.19. The molecule has 64 valence electrons. The van der Waals surface area contributed by atoms with E-state index in [2.05, 4.69) is 11.9 Å². The largest absolute Gasteiger partial charge is 0.325 e. The van der Waals surface area contributed by atoms with E-state index in [1.54, 1.807) is 0 Å². The Bertz CT molecular complexity index is 146. The number of nitrogens with zero attached hydrogens (tertiary/aromatic N) is 1. The van der Waals surface area contributed by atoms with Crippen molar-refractivity contribution in [1.29, 1.82) is 0 Å². The van der Waals surface area contributed by atoms with Gasteiger partial charge in [0.15, 0.2) is 0 Å². The van der Waals surface area contributed by atoms with E-state index in [1.807, 2.05) is 0 Å². The Balaban J connectivity index is 1.61. The summed E-state index contributed by atoms with van der Waals surface area (Å²) >= 11 is 0. The van der Waals surface area contributed by atoms with Gasteiger partial charge >= 0.3 is 0 Å². The van der Waals surface area contributed by atoms with Crippen LogP contribution in [0.4, 0.5) is 0 Å². The van der Waals surface area contributed by atoms with Gasteiger partial charge in [-0.1, -0.05) is 0 Å². The van der Waals surface area contributed by atoms with E-state index in [9.17, 15) is 0 Å². The average molecular weight is 154 g/mol. The molecule has 1 saturated carbocycles. The van der Waals surface area contributed by atoms with Crippen molar-refractivity contribution in [1.82, 2.24) is 4.90 Å². The average Bonchev–Trinajstić information content (AvgIpc) is 2.59. The Morgan fingerprint density at radius 2 is 2.09 bits per heavy atom. The summed E-state index contributed by atoms with van der Waals surface area (Å²) in [6.07, 6.45) is 5.18. The lowest BCUT2D eigenvalue weighted by atomic mass is 9.93. The number of nitrogens with two attached hydrogens (primary N) is 1. The van der Waals surface area contributed by atoms with Crippen molar-refractivity contribution in [2.45, 2.75) is 31.2 Å². The van der Waals surface area contributed by atoms with Crippen LogP contribution in [0.3, 0.4) is 0 Å². The van der Waals surface area contributed by atoms with Gasteiger partial charge in [-0.15, -0.1) is 0 Å². The van der Waals surface area contributed by atoms with Crippen molar-refractivity contribution in [3.63, 3.8) is 0 Å². The first kappa shape index (κ1) is 7.56. The quantitative estimate of drug-likeness (QED) is 0.652. The molecule has 1 aliphatic carbocycles. The van der Waals surface area contributed by atoms with E-state index in [0.29, 0.717) is 0 Å². The highest BCUT2D eigenvalue weighted by Crippen LogP contribution is 2.38. The van der Waals surface area contributed by atoms with Crippen molar-refractivity contribution >= 4 is 0 Å². The van der Waals surface area contributed by atoms with Crippen LogP contribution in [0.2, 0.25) is 0 Å². The molecule has 0 aromatic carbocycles. The normalized spacial score (nSPS) is 30.0. The number of hydrogen-bond acceptors (Lipinski definition) is 2. The predicted molar refractivity (Wildman–Crippen MR) is 46.4 cm³/mol. The summed E-state index contributed by atoms with van der Waals surface area (Å²) in [4.78, 5) is 2.38. The van der Waals surface area contributed by atoms with Crippen molar-refractivity contribution in [3.05, 3.63) is 0 Å². The minimum Gasteiger partial charge on any atom is -0.325 e. The van der Waals surface area contributed by atoms with Crippen LogP contribution in [0.1, 0.15) is 25.7 Å². The van der Waals surface area contributed by atoms with E-state index in [0.717, 1.165) is 5.92 Å². The second kappa shape index (κ2) is 2.46. The van der Waals surface area contributed by atoms with Crippen LogP contribution in [0.5, 0.6) is 0 Å². The first-order chi connectivity index (χ1) is 5.18. The van der Waals surface area contributed by atoms with Gasteiger partial charge in [-0.25, -0.2) is 0 Å². The third-order valence-electron chi connectivity index (χ3n) is 3.08. The maximum Gasteiger partial charge on any atom is 0.0155 e. The van der Waals surface area contributed by atoms with Gasteiger partial charge in [0.2, 0.25) is 0 Å². The van der Waals surface area contributed by atoms with Gasteiger partial charge in [-0.3, -0.25) is 0 Å². The summed E-state index contributed by atoms with van der Waals surface area (Å²) < 4.78 is 0. The fraction of sp³-hybridized carbons (Fsp3) is 1.00. The van der Waals surface area contributed by atoms with Gasteiger partial charge in [0.05, 0.1) is 0 Å². The molecule has 0 aromatic heterocycles. The fourth-order valence-corrected chi connectivity index (χ4v) is 1.91. The molecule has 2 aliphatic rings. The Labute approximate surface area is 68.7 Å². The molecule has 0 amide bonds. The molecule has 11 heavy (non-hydrogen) atoms. The Hall–Kier alpha value is -0.0800. The van der Waals surface area contributed by atoms with Crippen LogP contribution < -0.4 is 5.73 Å². The van der Waals surface area contributed by atoms with Crippen molar-refractivity contribution < 1.29 is 0 Å². The zero-order chi connectivity index (χ0) is 7.90.